The minimum absolute atomic E-state index is 0.00143. The zero-order chi connectivity index (χ0) is 19.9. The van der Waals surface area contributed by atoms with Crippen molar-refractivity contribution in [1.82, 2.24) is 9.88 Å². The van der Waals surface area contributed by atoms with Gasteiger partial charge in [0, 0.05) is 36.0 Å². The molecule has 1 aromatic heterocycles. The van der Waals surface area contributed by atoms with E-state index in [-0.39, 0.29) is 24.2 Å². The van der Waals surface area contributed by atoms with Gasteiger partial charge in [-0.15, -0.1) is 0 Å². The van der Waals surface area contributed by atoms with Crippen LogP contribution in [0.25, 0.3) is 10.9 Å². The number of carbonyl (C=O) groups is 2. The largest absolute Gasteiger partial charge is 0.349 e. The molecular weight excluding hydrogens is 348 g/mol. The van der Waals surface area contributed by atoms with Crippen LogP contribution < -0.4 is 5.32 Å². The van der Waals surface area contributed by atoms with E-state index in [9.17, 15) is 9.59 Å². The van der Waals surface area contributed by atoms with Crippen molar-refractivity contribution >= 4 is 22.6 Å². The highest BCUT2D eigenvalue weighted by molar-refractivity contribution is 5.94. The van der Waals surface area contributed by atoms with E-state index in [1.165, 1.54) is 16.5 Å². The van der Waals surface area contributed by atoms with Gasteiger partial charge in [0.25, 0.3) is 0 Å². The molecule has 0 bridgehead atoms. The van der Waals surface area contributed by atoms with Gasteiger partial charge in [-0.25, -0.2) is 0 Å². The average Bonchev–Trinajstić information content (AvgIpc) is 3.15. The highest BCUT2D eigenvalue weighted by atomic mass is 16.2. The minimum atomic E-state index is -0.186. The van der Waals surface area contributed by atoms with Crippen molar-refractivity contribution in [2.75, 3.05) is 6.54 Å². The fourth-order valence-corrected chi connectivity index (χ4v) is 3.70. The summed E-state index contributed by atoms with van der Waals surface area (Å²) in [6, 6.07) is 18.6. The van der Waals surface area contributed by atoms with Crippen molar-refractivity contribution in [2.24, 2.45) is 5.92 Å². The number of aromatic nitrogens is 1. The normalized spacial score (nSPS) is 16.4. The summed E-state index contributed by atoms with van der Waals surface area (Å²) in [5, 5.41) is 4.02. The number of fused-ring (bicyclic) bond motifs is 1. The van der Waals surface area contributed by atoms with Gasteiger partial charge < -0.3 is 9.88 Å². The standard InChI is InChI=1S/C12H13NO2.C12H15N/c14-11-7-10(12(15)13-8-11)6-9-4-2-1-3-5-9;1-3-10-6-5-7-12-11(10)8-9-13(12)4-2/h1-5,10H,6-8H2,(H,13,15);5-9H,3-4H2,1-2H3. The van der Waals surface area contributed by atoms with E-state index in [4.69, 9.17) is 0 Å². The number of hydrogen-bond donors (Lipinski definition) is 1. The van der Waals surface area contributed by atoms with Gasteiger partial charge in [-0.05, 0) is 43.0 Å². The van der Waals surface area contributed by atoms with Gasteiger partial charge in [0.05, 0.1) is 6.54 Å². The molecule has 2 heterocycles. The zero-order valence-corrected chi connectivity index (χ0v) is 16.7. The number of hydrogen-bond acceptors (Lipinski definition) is 2. The molecule has 28 heavy (non-hydrogen) atoms. The number of amides is 1. The summed E-state index contributed by atoms with van der Waals surface area (Å²) in [6.45, 7) is 5.64. The third kappa shape index (κ3) is 4.69. The number of benzene rings is 2. The molecule has 3 aromatic rings. The summed E-state index contributed by atoms with van der Waals surface area (Å²) in [4.78, 5) is 22.7. The van der Waals surface area contributed by atoms with Gasteiger partial charge in [-0.1, -0.05) is 49.4 Å². The number of carbonyl (C=O) groups excluding carboxylic acids is 2. The third-order valence-corrected chi connectivity index (χ3v) is 5.26. The first kappa shape index (κ1) is 19.9. The van der Waals surface area contributed by atoms with Crippen LogP contribution in [0.2, 0.25) is 0 Å². The molecule has 1 aliphatic rings. The molecule has 0 radical (unpaired) electrons. The van der Waals surface area contributed by atoms with Crippen molar-refractivity contribution in [1.29, 1.82) is 0 Å². The smallest absolute Gasteiger partial charge is 0.224 e. The van der Waals surface area contributed by atoms with Crippen molar-refractivity contribution in [2.45, 2.75) is 39.7 Å². The first-order valence-electron chi connectivity index (χ1n) is 10.0. The molecule has 4 heteroatoms. The van der Waals surface area contributed by atoms with Crippen LogP contribution in [-0.4, -0.2) is 22.8 Å². The summed E-state index contributed by atoms with van der Waals surface area (Å²) < 4.78 is 2.29. The van der Waals surface area contributed by atoms with Crippen LogP contribution in [0.4, 0.5) is 0 Å². The van der Waals surface area contributed by atoms with Crippen LogP contribution in [-0.2, 0) is 29.0 Å². The lowest BCUT2D eigenvalue weighted by atomic mass is 9.91. The molecule has 1 fully saturated rings. The Labute approximate surface area is 166 Å². The van der Waals surface area contributed by atoms with E-state index in [1.54, 1.807) is 0 Å². The summed E-state index contributed by atoms with van der Waals surface area (Å²) >= 11 is 0. The lowest BCUT2D eigenvalue weighted by Crippen LogP contribution is -2.42. The maximum atomic E-state index is 11.5. The first-order valence-corrected chi connectivity index (χ1v) is 10.0. The molecule has 0 aliphatic carbocycles. The molecule has 1 N–H and O–H groups in total. The van der Waals surface area contributed by atoms with Gasteiger partial charge >= 0.3 is 0 Å². The quantitative estimate of drug-likeness (QED) is 0.743. The van der Waals surface area contributed by atoms with Gasteiger partial charge in [0.2, 0.25) is 5.91 Å². The second-order valence-corrected chi connectivity index (χ2v) is 7.15. The fraction of sp³-hybridized carbons (Fsp3) is 0.333. The van der Waals surface area contributed by atoms with Crippen LogP contribution in [0.5, 0.6) is 0 Å². The highest BCUT2D eigenvalue weighted by Crippen LogP contribution is 2.20. The van der Waals surface area contributed by atoms with E-state index in [0.717, 1.165) is 18.5 Å². The molecule has 1 aliphatic heterocycles. The first-order chi connectivity index (χ1) is 13.6. The van der Waals surface area contributed by atoms with Crippen LogP contribution in [0, 0.1) is 5.92 Å². The van der Waals surface area contributed by atoms with Crippen LogP contribution in [0.15, 0.2) is 60.8 Å². The monoisotopic (exact) mass is 376 g/mol. The SMILES string of the molecule is CCc1cccc2c1ccn2CC.O=C1CNC(=O)C(Cc2ccccc2)C1. The Hall–Kier alpha value is -2.88. The van der Waals surface area contributed by atoms with E-state index in [1.807, 2.05) is 30.3 Å². The molecule has 1 atom stereocenters. The average molecular weight is 377 g/mol. The lowest BCUT2D eigenvalue weighted by Gasteiger charge is -2.20. The summed E-state index contributed by atoms with van der Waals surface area (Å²) in [6.07, 6.45) is 4.31. The van der Waals surface area contributed by atoms with E-state index in [2.05, 4.69) is 54.2 Å². The van der Waals surface area contributed by atoms with Gasteiger partial charge in [0.15, 0.2) is 5.78 Å². The molecule has 1 saturated heterocycles. The summed E-state index contributed by atoms with van der Waals surface area (Å²) in [5.41, 5.74) is 3.92. The molecule has 1 amide bonds. The summed E-state index contributed by atoms with van der Waals surface area (Å²) in [7, 11) is 0. The van der Waals surface area contributed by atoms with Crippen molar-refractivity contribution in [3.63, 3.8) is 0 Å². The minimum Gasteiger partial charge on any atom is -0.349 e. The van der Waals surface area contributed by atoms with Crippen molar-refractivity contribution in [3.05, 3.63) is 71.9 Å². The molecule has 0 spiro atoms. The van der Waals surface area contributed by atoms with Gasteiger partial charge in [-0.3, -0.25) is 9.59 Å². The fourth-order valence-electron chi connectivity index (χ4n) is 3.70. The topological polar surface area (TPSA) is 51.1 Å². The van der Waals surface area contributed by atoms with Gasteiger partial charge in [-0.2, -0.15) is 0 Å². The maximum absolute atomic E-state index is 11.5. The van der Waals surface area contributed by atoms with Crippen LogP contribution in [0.3, 0.4) is 0 Å². The number of nitrogens with zero attached hydrogens (tertiary/aromatic N) is 1. The van der Waals surface area contributed by atoms with Crippen LogP contribution in [0.1, 0.15) is 31.4 Å². The van der Waals surface area contributed by atoms with Gasteiger partial charge in [0.1, 0.15) is 0 Å². The maximum Gasteiger partial charge on any atom is 0.224 e. The number of piperidine rings is 1. The number of nitrogens with one attached hydrogen (secondary N) is 1. The molecule has 0 saturated carbocycles. The number of ketones is 1. The molecule has 2 aromatic carbocycles. The van der Waals surface area contributed by atoms with E-state index >= 15 is 0 Å². The third-order valence-electron chi connectivity index (χ3n) is 5.26. The second-order valence-electron chi connectivity index (χ2n) is 7.15. The Morgan fingerprint density at radius 1 is 1.00 bits per heavy atom. The number of Topliss-reactive ketones (excluding diaryl/α,β-unsaturated/α-hetero) is 1. The molecule has 4 nitrogen and oxygen atoms in total. The molecule has 146 valence electrons. The number of aryl methyl sites for hydroxylation is 2. The lowest BCUT2D eigenvalue weighted by molar-refractivity contribution is -0.134. The zero-order valence-electron chi connectivity index (χ0n) is 16.7. The van der Waals surface area contributed by atoms with E-state index < -0.39 is 0 Å². The predicted molar refractivity (Wildman–Crippen MR) is 113 cm³/mol. The molecule has 4 rings (SSSR count). The Bertz CT molecular complexity index is 944. The van der Waals surface area contributed by atoms with Crippen molar-refractivity contribution in [3.8, 4) is 0 Å². The predicted octanol–water partition coefficient (Wildman–Crippen LogP) is 4.16. The highest BCUT2D eigenvalue weighted by Gasteiger charge is 2.26. The van der Waals surface area contributed by atoms with Crippen LogP contribution >= 0.6 is 0 Å². The van der Waals surface area contributed by atoms with Crippen molar-refractivity contribution < 1.29 is 9.59 Å². The Balaban J connectivity index is 0.000000162. The molecular formula is C24H28N2O2. The Morgan fingerprint density at radius 2 is 1.79 bits per heavy atom. The second kappa shape index (κ2) is 9.36. The molecule has 1 unspecified atom stereocenters. The number of rotatable bonds is 4. The van der Waals surface area contributed by atoms with E-state index in [0.29, 0.717) is 12.8 Å². The summed E-state index contributed by atoms with van der Waals surface area (Å²) in [5.74, 6) is -0.0670. The Kier molecular flexibility index (Phi) is 6.64. The Morgan fingerprint density at radius 3 is 2.50 bits per heavy atom.